The van der Waals surface area contributed by atoms with Crippen LogP contribution >= 0.6 is 0 Å². The van der Waals surface area contributed by atoms with E-state index in [9.17, 15) is 4.79 Å². The van der Waals surface area contributed by atoms with Crippen LogP contribution in [0.2, 0.25) is 0 Å². The second-order valence-electron chi connectivity index (χ2n) is 7.94. The second-order valence-corrected chi connectivity index (χ2v) is 7.94. The molecule has 1 rings (SSSR count). The summed E-state index contributed by atoms with van der Waals surface area (Å²) < 4.78 is 0. The lowest BCUT2D eigenvalue weighted by Gasteiger charge is -2.37. The van der Waals surface area contributed by atoms with Gasteiger partial charge in [-0.2, -0.15) is 0 Å². The molecule has 0 radical (unpaired) electrons. The van der Waals surface area contributed by atoms with E-state index >= 15 is 0 Å². The van der Waals surface area contributed by atoms with Gasteiger partial charge in [-0.1, -0.05) is 34.6 Å². The molecule has 1 unspecified atom stereocenters. The highest BCUT2D eigenvalue weighted by atomic mass is 16.2. The van der Waals surface area contributed by atoms with Gasteiger partial charge in [-0.05, 0) is 49.9 Å². The van der Waals surface area contributed by atoms with Crippen molar-refractivity contribution in [2.24, 2.45) is 17.3 Å². The molecule has 0 aromatic heterocycles. The van der Waals surface area contributed by atoms with Gasteiger partial charge in [0.2, 0.25) is 5.91 Å². The Kier molecular flexibility index (Phi) is 6.50. The Labute approximate surface area is 125 Å². The highest BCUT2D eigenvalue weighted by molar-refractivity contribution is 5.81. The summed E-state index contributed by atoms with van der Waals surface area (Å²) >= 11 is 0. The number of hydrogen-bond donors (Lipinski definition) is 2. The minimum absolute atomic E-state index is 0.0788. The molecule has 2 N–H and O–H groups in total. The predicted molar refractivity (Wildman–Crippen MR) is 85.6 cm³/mol. The topological polar surface area (TPSA) is 41.1 Å². The van der Waals surface area contributed by atoms with E-state index in [0.29, 0.717) is 17.4 Å². The van der Waals surface area contributed by atoms with Crippen molar-refractivity contribution in [3.8, 4) is 0 Å². The summed E-state index contributed by atoms with van der Waals surface area (Å²) in [5.41, 5.74) is 0.422. The van der Waals surface area contributed by atoms with Crippen LogP contribution in [0.5, 0.6) is 0 Å². The first kappa shape index (κ1) is 17.5. The molecular weight excluding hydrogens is 248 g/mol. The fraction of sp³-hybridized carbons (Fsp3) is 0.941. The molecule has 20 heavy (non-hydrogen) atoms. The van der Waals surface area contributed by atoms with Crippen LogP contribution in [0, 0.1) is 17.3 Å². The van der Waals surface area contributed by atoms with E-state index in [-0.39, 0.29) is 11.9 Å². The lowest BCUT2D eigenvalue weighted by Crippen LogP contribution is -2.48. The Balaban J connectivity index is 2.31. The van der Waals surface area contributed by atoms with E-state index in [0.717, 1.165) is 12.5 Å². The Hall–Kier alpha value is -0.570. The first-order valence-corrected chi connectivity index (χ1v) is 8.24. The molecule has 0 aromatic rings. The van der Waals surface area contributed by atoms with E-state index in [1.165, 1.54) is 25.7 Å². The molecule has 0 aromatic carbocycles. The van der Waals surface area contributed by atoms with Crippen molar-refractivity contribution in [3.63, 3.8) is 0 Å². The van der Waals surface area contributed by atoms with Gasteiger partial charge in [-0.15, -0.1) is 0 Å². The first-order chi connectivity index (χ1) is 9.20. The molecule has 0 aliphatic heterocycles. The lowest BCUT2D eigenvalue weighted by molar-refractivity contribution is -0.123. The fourth-order valence-corrected chi connectivity index (χ4v) is 3.01. The van der Waals surface area contributed by atoms with Crippen molar-refractivity contribution in [3.05, 3.63) is 0 Å². The summed E-state index contributed by atoms with van der Waals surface area (Å²) in [5, 5.41) is 6.51. The zero-order valence-corrected chi connectivity index (χ0v) is 14.3. The summed E-state index contributed by atoms with van der Waals surface area (Å²) in [5.74, 6) is 1.47. The van der Waals surface area contributed by atoms with Gasteiger partial charge in [0, 0.05) is 12.6 Å². The van der Waals surface area contributed by atoms with Gasteiger partial charge < -0.3 is 10.6 Å². The summed E-state index contributed by atoms with van der Waals surface area (Å²) in [6, 6.07) is 0.429. The average molecular weight is 282 g/mol. The van der Waals surface area contributed by atoms with Crippen molar-refractivity contribution in [2.75, 3.05) is 6.54 Å². The molecule has 0 heterocycles. The minimum Gasteiger partial charge on any atom is -0.354 e. The van der Waals surface area contributed by atoms with E-state index in [1.807, 2.05) is 6.92 Å². The molecule has 118 valence electrons. The third-order valence-corrected chi connectivity index (χ3v) is 4.52. The summed E-state index contributed by atoms with van der Waals surface area (Å²) in [6.07, 6.45) is 4.95. The van der Waals surface area contributed by atoms with Gasteiger partial charge in [0.25, 0.3) is 0 Å². The van der Waals surface area contributed by atoms with Crippen LogP contribution in [0.3, 0.4) is 0 Å². The second kappa shape index (κ2) is 7.44. The molecule has 0 bridgehead atoms. The normalized spacial score (nSPS) is 25.6. The maximum atomic E-state index is 12.0. The average Bonchev–Trinajstić information content (AvgIpc) is 2.35. The summed E-state index contributed by atoms with van der Waals surface area (Å²) in [6.45, 7) is 14.0. The van der Waals surface area contributed by atoms with Crippen LogP contribution in [0.15, 0.2) is 0 Å². The summed E-state index contributed by atoms with van der Waals surface area (Å²) in [7, 11) is 0. The largest absolute Gasteiger partial charge is 0.354 e. The van der Waals surface area contributed by atoms with E-state index in [1.54, 1.807) is 0 Å². The Bertz CT molecular complexity index is 299. The molecule has 3 nitrogen and oxygen atoms in total. The zero-order valence-electron chi connectivity index (χ0n) is 14.3. The van der Waals surface area contributed by atoms with Crippen LogP contribution in [0.25, 0.3) is 0 Å². The molecule has 3 heteroatoms. The number of amides is 1. The molecule has 0 spiro atoms. The summed E-state index contributed by atoms with van der Waals surface area (Å²) in [4.78, 5) is 12.0. The van der Waals surface area contributed by atoms with Gasteiger partial charge >= 0.3 is 0 Å². The maximum absolute atomic E-state index is 12.0. The van der Waals surface area contributed by atoms with Crippen molar-refractivity contribution in [2.45, 2.75) is 79.3 Å². The quantitative estimate of drug-likeness (QED) is 0.812. The number of carbonyl (C=O) groups is 1. The van der Waals surface area contributed by atoms with Crippen molar-refractivity contribution >= 4 is 5.91 Å². The first-order valence-electron chi connectivity index (χ1n) is 8.24. The number of nitrogens with one attached hydrogen (secondary N) is 2. The van der Waals surface area contributed by atoms with Crippen LogP contribution in [-0.4, -0.2) is 24.5 Å². The SMILES string of the molecule is CC(C)CNC(=O)C(C)NC1CCC(C(C)(C)C)CC1. The maximum Gasteiger partial charge on any atom is 0.236 e. The molecule has 1 aliphatic rings. The standard InChI is InChI=1S/C17H34N2O/c1-12(2)11-18-16(20)13(3)19-15-9-7-14(8-10-15)17(4,5)6/h12-15,19H,7-11H2,1-6H3,(H,18,20). The zero-order chi connectivity index (χ0) is 15.3. The molecule has 1 amide bonds. The number of carbonyl (C=O) groups excluding carboxylic acids is 1. The van der Waals surface area contributed by atoms with Gasteiger partial charge in [-0.3, -0.25) is 4.79 Å². The molecular formula is C17H34N2O. The van der Waals surface area contributed by atoms with Crippen LogP contribution < -0.4 is 10.6 Å². The third kappa shape index (κ3) is 5.82. The van der Waals surface area contributed by atoms with Crippen LogP contribution in [-0.2, 0) is 4.79 Å². The molecule has 1 saturated carbocycles. The molecule has 1 atom stereocenters. The molecule has 1 fully saturated rings. The van der Waals surface area contributed by atoms with Gasteiger partial charge in [0.15, 0.2) is 0 Å². The third-order valence-electron chi connectivity index (χ3n) is 4.52. The van der Waals surface area contributed by atoms with Gasteiger partial charge in [0.05, 0.1) is 6.04 Å². The van der Waals surface area contributed by atoms with E-state index in [2.05, 4.69) is 45.3 Å². The van der Waals surface area contributed by atoms with Crippen LogP contribution in [0.1, 0.15) is 67.2 Å². The number of hydrogen-bond acceptors (Lipinski definition) is 2. The molecule has 0 saturated heterocycles. The molecule has 1 aliphatic carbocycles. The fourth-order valence-electron chi connectivity index (χ4n) is 3.01. The Morgan fingerprint density at radius 3 is 2.10 bits per heavy atom. The smallest absolute Gasteiger partial charge is 0.236 e. The van der Waals surface area contributed by atoms with Gasteiger partial charge in [-0.25, -0.2) is 0 Å². The predicted octanol–water partition coefficient (Wildman–Crippen LogP) is 3.34. The van der Waals surface area contributed by atoms with E-state index in [4.69, 9.17) is 0 Å². The Morgan fingerprint density at radius 2 is 1.65 bits per heavy atom. The van der Waals surface area contributed by atoms with Crippen molar-refractivity contribution in [1.29, 1.82) is 0 Å². The number of rotatable bonds is 5. The highest BCUT2D eigenvalue weighted by Gasteiger charge is 2.30. The highest BCUT2D eigenvalue weighted by Crippen LogP contribution is 2.37. The van der Waals surface area contributed by atoms with Crippen molar-refractivity contribution < 1.29 is 4.79 Å². The minimum atomic E-state index is -0.0788. The lowest BCUT2D eigenvalue weighted by atomic mass is 9.71. The van der Waals surface area contributed by atoms with Crippen molar-refractivity contribution in [1.82, 2.24) is 10.6 Å². The van der Waals surface area contributed by atoms with Crippen LogP contribution in [0.4, 0.5) is 0 Å². The van der Waals surface area contributed by atoms with Gasteiger partial charge in [0.1, 0.15) is 0 Å². The monoisotopic (exact) mass is 282 g/mol. The van der Waals surface area contributed by atoms with E-state index < -0.39 is 0 Å². The Morgan fingerprint density at radius 1 is 1.10 bits per heavy atom.